The molecule has 1 aromatic carbocycles. The Labute approximate surface area is 97.5 Å². The van der Waals surface area contributed by atoms with Gasteiger partial charge in [0.2, 0.25) is 0 Å². The Kier molecular flexibility index (Phi) is 3.58. The highest BCUT2D eigenvalue weighted by Crippen LogP contribution is 2.26. The van der Waals surface area contributed by atoms with Gasteiger partial charge in [-0.25, -0.2) is 0 Å². The van der Waals surface area contributed by atoms with E-state index >= 15 is 0 Å². The fourth-order valence-electron chi connectivity index (χ4n) is 2.44. The van der Waals surface area contributed by atoms with Gasteiger partial charge in [-0.1, -0.05) is 24.3 Å². The van der Waals surface area contributed by atoms with E-state index in [4.69, 9.17) is 5.26 Å². The van der Waals surface area contributed by atoms with E-state index in [-0.39, 0.29) is 0 Å². The van der Waals surface area contributed by atoms with Crippen molar-refractivity contribution < 1.29 is 0 Å². The topological polar surface area (TPSA) is 27.0 Å². The molecule has 1 aliphatic rings. The van der Waals surface area contributed by atoms with Crippen molar-refractivity contribution in [1.82, 2.24) is 4.90 Å². The Morgan fingerprint density at radius 3 is 2.75 bits per heavy atom. The second kappa shape index (κ2) is 5.14. The average molecular weight is 214 g/mol. The van der Waals surface area contributed by atoms with Crippen LogP contribution in [0.4, 0.5) is 0 Å². The summed E-state index contributed by atoms with van der Waals surface area (Å²) in [5, 5.41) is 8.62. The van der Waals surface area contributed by atoms with E-state index in [1.165, 1.54) is 24.9 Å². The third-order valence-electron chi connectivity index (χ3n) is 3.36. The highest BCUT2D eigenvalue weighted by molar-refractivity contribution is 5.27. The second-order valence-electron chi connectivity index (χ2n) is 4.68. The highest BCUT2D eigenvalue weighted by atomic mass is 15.1. The number of likely N-dealkylation sites (tertiary alicyclic amines) is 1. The number of piperidine rings is 1. The molecule has 2 heteroatoms. The van der Waals surface area contributed by atoms with E-state index in [1.54, 1.807) is 0 Å². The number of nitrogens with zero attached hydrogens (tertiary/aromatic N) is 2. The summed E-state index contributed by atoms with van der Waals surface area (Å²) < 4.78 is 0. The molecule has 0 radical (unpaired) electrons. The van der Waals surface area contributed by atoms with Crippen LogP contribution in [-0.2, 0) is 6.42 Å². The predicted octanol–water partition coefficient (Wildman–Crippen LogP) is 2.56. The molecule has 84 valence electrons. The Morgan fingerprint density at radius 2 is 2.12 bits per heavy atom. The molecule has 2 nitrogen and oxygen atoms in total. The first kappa shape index (κ1) is 11.2. The van der Waals surface area contributed by atoms with Gasteiger partial charge in [-0.2, -0.15) is 5.26 Å². The number of rotatable bonds is 2. The van der Waals surface area contributed by atoms with Crippen LogP contribution in [0.5, 0.6) is 0 Å². The summed E-state index contributed by atoms with van der Waals surface area (Å²) in [7, 11) is 2.19. The molecule has 0 bridgehead atoms. The van der Waals surface area contributed by atoms with Crippen LogP contribution in [0.25, 0.3) is 0 Å². The predicted molar refractivity (Wildman–Crippen MR) is 65.2 cm³/mol. The highest BCUT2D eigenvalue weighted by Gasteiger charge is 2.18. The molecule has 0 amide bonds. The smallest absolute Gasteiger partial charge is 0.0669 e. The van der Waals surface area contributed by atoms with Crippen molar-refractivity contribution in [3.8, 4) is 6.07 Å². The molecular formula is C14H18N2. The van der Waals surface area contributed by atoms with Crippen molar-refractivity contribution in [2.45, 2.75) is 25.2 Å². The molecule has 0 aliphatic carbocycles. The summed E-state index contributed by atoms with van der Waals surface area (Å²) in [5.41, 5.74) is 2.55. The lowest BCUT2D eigenvalue weighted by Gasteiger charge is -2.30. The molecule has 1 aromatic rings. The van der Waals surface area contributed by atoms with Crippen LogP contribution >= 0.6 is 0 Å². The zero-order chi connectivity index (χ0) is 11.4. The number of nitriles is 1. The van der Waals surface area contributed by atoms with Crippen LogP contribution in [-0.4, -0.2) is 25.0 Å². The lowest BCUT2D eigenvalue weighted by molar-refractivity contribution is 0.251. The molecule has 1 unspecified atom stereocenters. The number of likely N-dealkylation sites (N-methyl/N-ethyl adjacent to an activating group) is 1. The molecule has 0 saturated carbocycles. The number of benzene rings is 1. The summed E-state index contributed by atoms with van der Waals surface area (Å²) in [6.45, 7) is 2.39. The molecule has 2 rings (SSSR count). The van der Waals surface area contributed by atoms with Gasteiger partial charge in [-0.05, 0) is 43.5 Å². The van der Waals surface area contributed by atoms with Crippen LogP contribution in [0.2, 0.25) is 0 Å². The first-order valence-corrected chi connectivity index (χ1v) is 5.94. The Hall–Kier alpha value is -1.33. The van der Waals surface area contributed by atoms with Gasteiger partial charge in [0.15, 0.2) is 0 Å². The standard InChI is InChI=1S/C14H18N2/c1-16-10-2-3-14(11-16)13-6-4-12(5-7-13)8-9-15/h4-7,14H,2-3,8,10-11H2,1H3. The van der Waals surface area contributed by atoms with Crippen molar-refractivity contribution in [2.24, 2.45) is 0 Å². The molecule has 1 fully saturated rings. The van der Waals surface area contributed by atoms with Crippen molar-refractivity contribution in [1.29, 1.82) is 5.26 Å². The third kappa shape index (κ3) is 2.62. The zero-order valence-electron chi connectivity index (χ0n) is 9.82. The number of hydrogen-bond acceptors (Lipinski definition) is 2. The Bertz CT molecular complexity index is 375. The van der Waals surface area contributed by atoms with Gasteiger partial charge in [0.25, 0.3) is 0 Å². The first-order valence-electron chi connectivity index (χ1n) is 5.94. The van der Waals surface area contributed by atoms with Crippen LogP contribution in [0.15, 0.2) is 24.3 Å². The fourth-order valence-corrected chi connectivity index (χ4v) is 2.44. The summed E-state index contributed by atoms with van der Waals surface area (Å²) in [4.78, 5) is 2.40. The lowest BCUT2D eigenvalue weighted by atomic mass is 9.90. The maximum absolute atomic E-state index is 8.62. The minimum Gasteiger partial charge on any atom is -0.306 e. The maximum Gasteiger partial charge on any atom is 0.0669 e. The van der Waals surface area contributed by atoms with E-state index in [2.05, 4.69) is 42.3 Å². The van der Waals surface area contributed by atoms with Gasteiger partial charge in [-0.3, -0.25) is 0 Å². The van der Waals surface area contributed by atoms with E-state index in [1.807, 2.05) is 0 Å². The molecule has 1 heterocycles. The maximum atomic E-state index is 8.62. The molecule has 1 aliphatic heterocycles. The van der Waals surface area contributed by atoms with Crippen molar-refractivity contribution in [3.05, 3.63) is 35.4 Å². The summed E-state index contributed by atoms with van der Waals surface area (Å²) in [6.07, 6.45) is 3.11. The first-order chi connectivity index (χ1) is 7.79. The summed E-state index contributed by atoms with van der Waals surface area (Å²) in [6, 6.07) is 10.7. The zero-order valence-corrected chi connectivity index (χ0v) is 9.82. The van der Waals surface area contributed by atoms with Crippen LogP contribution in [0, 0.1) is 11.3 Å². The monoisotopic (exact) mass is 214 g/mol. The SMILES string of the molecule is CN1CCCC(c2ccc(CC#N)cc2)C1. The van der Waals surface area contributed by atoms with Crippen LogP contribution < -0.4 is 0 Å². The Balaban J connectivity index is 2.06. The van der Waals surface area contributed by atoms with Gasteiger partial charge in [-0.15, -0.1) is 0 Å². The average Bonchev–Trinajstić information content (AvgIpc) is 2.30. The summed E-state index contributed by atoms with van der Waals surface area (Å²) >= 11 is 0. The number of hydrogen-bond donors (Lipinski definition) is 0. The van der Waals surface area contributed by atoms with Gasteiger partial charge >= 0.3 is 0 Å². The molecule has 0 N–H and O–H groups in total. The van der Waals surface area contributed by atoms with E-state index in [9.17, 15) is 0 Å². The minimum atomic E-state index is 0.519. The van der Waals surface area contributed by atoms with E-state index in [0.29, 0.717) is 12.3 Å². The largest absolute Gasteiger partial charge is 0.306 e. The third-order valence-corrected chi connectivity index (χ3v) is 3.36. The van der Waals surface area contributed by atoms with Crippen molar-refractivity contribution >= 4 is 0 Å². The lowest BCUT2D eigenvalue weighted by Crippen LogP contribution is -2.30. The van der Waals surface area contributed by atoms with Gasteiger partial charge < -0.3 is 4.90 Å². The molecule has 16 heavy (non-hydrogen) atoms. The van der Waals surface area contributed by atoms with Crippen molar-refractivity contribution in [3.63, 3.8) is 0 Å². The van der Waals surface area contributed by atoms with E-state index < -0.39 is 0 Å². The minimum absolute atomic E-state index is 0.519. The van der Waals surface area contributed by atoms with Crippen molar-refractivity contribution in [2.75, 3.05) is 20.1 Å². The molecular weight excluding hydrogens is 196 g/mol. The molecule has 1 saturated heterocycles. The van der Waals surface area contributed by atoms with Crippen LogP contribution in [0.1, 0.15) is 29.9 Å². The van der Waals surface area contributed by atoms with Gasteiger partial charge in [0.05, 0.1) is 12.5 Å². The normalized spacial score (nSPS) is 21.6. The fraction of sp³-hybridized carbons (Fsp3) is 0.500. The quantitative estimate of drug-likeness (QED) is 0.756. The van der Waals surface area contributed by atoms with Gasteiger partial charge in [0.1, 0.15) is 0 Å². The van der Waals surface area contributed by atoms with E-state index in [0.717, 1.165) is 12.1 Å². The summed E-state index contributed by atoms with van der Waals surface area (Å²) in [5.74, 6) is 0.676. The Morgan fingerprint density at radius 1 is 1.38 bits per heavy atom. The van der Waals surface area contributed by atoms with Crippen LogP contribution in [0.3, 0.4) is 0 Å². The molecule has 0 aromatic heterocycles. The molecule has 1 atom stereocenters. The molecule has 0 spiro atoms. The van der Waals surface area contributed by atoms with Gasteiger partial charge in [0, 0.05) is 6.54 Å². The second-order valence-corrected chi connectivity index (χ2v) is 4.68.